The number of piperidine rings is 1. The molecule has 2 heterocycles. The number of halogens is 1. The summed E-state index contributed by atoms with van der Waals surface area (Å²) in [6, 6.07) is 4.50. The molecule has 1 aromatic heterocycles. The molecule has 1 aromatic carbocycles. The Morgan fingerprint density at radius 1 is 1.30 bits per heavy atom. The van der Waals surface area contributed by atoms with Gasteiger partial charge in [-0.05, 0) is 52.7 Å². The SMILES string of the molecule is Cc1cnc(-c2c(ON3CCCCC3(F)C(=O)OC(C)(C)C)cccc2C(=O)O)s1. The van der Waals surface area contributed by atoms with Gasteiger partial charge in [0.25, 0.3) is 5.79 Å². The van der Waals surface area contributed by atoms with Crippen molar-refractivity contribution in [3.05, 3.63) is 34.8 Å². The molecule has 0 aliphatic carbocycles. The average molecular weight is 437 g/mol. The van der Waals surface area contributed by atoms with Crippen LogP contribution in [-0.4, -0.2) is 45.0 Å². The topological polar surface area (TPSA) is 89.0 Å². The number of esters is 1. The fourth-order valence-corrected chi connectivity index (χ4v) is 4.02. The van der Waals surface area contributed by atoms with E-state index in [0.29, 0.717) is 17.8 Å². The monoisotopic (exact) mass is 436 g/mol. The lowest BCUT2D eigenvalue weighted by molar-refractivity contribution is -0.240. The van der Waals surface area contributed by atoms with Crippen molar-refractivity contribution < 1.29 is 28.7 Å². The maximum Gasteiger partial charge on any atom is 0.363 e. The fourth-order valence-electron chi connectivity index (χ4n) is 3.19. The Hall–Kier alpha value is -2.52. The number of hydroxylamine groups is 2. The van der Waals surface area contributed by atoms with E-state index in [2.05, 4.69) is 4.98 Å². The van der Waals surface area contributed by atoms with Crippen LogP contribution in [0.4, 0.5) is 4.39 Å². The molecule has 0 radical (unpaired) electrons. The first kappa shape index (κ1) is 22.2. The molecule has 0 bridgehead atoms. The van der Waals surface area contributed by atoms with E-state index in [4.69, 9.17) is 9.57 Å². The number of aryl methyl sites for hydroxylation is 1. The number of ether oxygens (including phenoxy) is 1. The molecule has 1 unspecified atom stereocenters. The smallest absolute Gasteiger partial charge is 0.363 e. The highest BCUT2D eigenvalue weighted by Gasteiger charge is 2.51. The van der Waals surface area contributed by atoms with Gasteiger partial charge in [-0.1, -0.05) is 11.1 Å². The van der Waals surface area contributed by atoms with Crippen LogP contribution in [0.25, 0.3) is 10.6 Å². The Morgan fingerprint density at radius 3 is 2.63 bits per heavy atom. The standard InChI is InChI=1S/C21H25FN2O5S/c1-13-12-23-17(30-13)16-14(18(25)26)8-7-9-15(16)29-24-11-6-5-10-21(24,22)19(27)28-20(2,3)4/h7-9,12H,5-6,10-11H2,1-4H3,(H,25,26). The van der Waals surface area contributed by atoms with Crippen LogP contribution in [0.1, 0.15) is 55.3 Å². The normalized spacial score (nSPS) is 20.0. The van der Waals surface area contributed by atoms with E-state index < -0.39 is 23.3 Å². The molecular weight excluding hydrogens is 411 g/mol. The second kappa shape index (κ2) is 8.31. The van der Waals surface area contributed by atoms with Gasteiger partial charge in [-0.15, -0.1) is 11.3 Å². The molecule has 0 spiro atoms. The van der Waals surface area contributed by atoms with E-state index in [1.807, 2.05) is 6.92 Å². The Kier molecular flexibility index (Phi) is 6.14. The summed E-state index contributed by atoms with van der Waals surface area (Å²) in [6.07, 6.45) is 2.68. The number of hydrogen-bond donors (Lipinski definition) is 1. The molecule has 1 fully saturated rings. The van der Waals surface area contributed by atoms with Gasteiger partial charge in [0, 0.05) is 24.0 Å². The minimum atomic E-state index is -2.47. The maximum atomic E-state index is 15.8. The van der Waals surface area contributed by atoms with Crippen LogP contribution in [0.2, 0.25) is 0 Å². The zero-order chi connectivity index (χ0) is 22.1. The van der Waals surface area contributed by atoms with Gasteiger partial charge < -0.3 is 14.7 Å². The van der Waals surface area contributed by atoms with Crippen molar-refractivity contribution >= 4 is 23.3 Å². The number of carbonyl (C=O) groups is 2. The fraction of sp³-hybridized carbons (Fsp3) is 0.476. The third-order valence-corrected chi connectivity index (χ3v) is 5.46. The molecule has 0 amide bonds. The highest BCUT2D eigenvalue weighted by atomic mass is 32.1. The zero-order valence-electron chi connectivity index (χ0n) is 17.4. The number of carboxylic acids is 1. The molecule has 1 aliphatic rings. The van der Waals surface area contributed by atoms with Gasteiger partial charge in [-0.2, -0.15) is 0 Å². The van der Waals surface area contributed by atoms with Crippen LogP contribution in [0.5, 0.6) is 5.75 Å². The summed E-state index contributed by atoms with van der Waals surface area (Å²) < 4.78 is 21.1. The molecule has 7 nitrogen and oxygen atoms in total. The molecule has 1 N–H and O–H groups in total. The molecule has 1 saturated heterocycles. The molecule has 9 heteroatoms. The number of carboxylic acid groups (broad SMARTS) is 1. The molecule has 2 aromatic rings. The van der Waals surface area contributed by atoms with E-state index in [-0.39, 0.29) is 29.8 Å². The van der Waals surface area contributed by atoms with Gasteiger partial charge in [-0.25, -0.2) is 19.0 Å². The van der Waals surface area contributed by atoms with Crippen molar-refractivity contribution in [1.29, 1.82) is 0 Å². The first-order chi connectivity index (χ1) is 14.0. The third-order valence-electron chi connectivity index (χ3n) is 4.53. The van der Waals surface area contributed by atoms with Gasteiger partial charge in [0.15, 0.2) is 5.75 Å². The van der Waals surface area contributed by atoms with E-state index in [9.17, 15) is 14.7 Å². The number of rotatable bonds is 5. The van der Waals surface area contributed by atoms with Crippen molar-refractivity contribution in [3.8, 4) is 16.3 Å². The number of hydrogen-bond acceptors (Lipinski definition) is 7. The second-order valence-electron chi connectivity index (χ2n) is 8.17. The maximum absolute atomic E-state index is 15.8. The van der Waals surface area contributed by atoms with E-state index in [1.165, 1.54) is 23.5 Å². The summed E-state index contributed by atoms with van der Waals surface area (Å²) in [7, 11) is 0. The first-order valence-electron chi connectivity index (χ1n) is 9.68. The zero-order valence-corrected chi connectivity index (χ0v) is 18.2. The summed E-state index contributed by atoms with van der Waals surface area (Å²) in [6.45, 7) is 7.01. The molecule has 1 atom stereocenters. The minimum Gasteiger partial charge on any atom is -0.478 e. The minimum absolute atomic E-state index is 0.0133. The van der Waals surface area contributed by atoms with Crippen molar-refractivity contribution in [2.75, 3.05) is 6.54 Å². The van der Waals surface area contributed by atoms with Crippen molar-refractivity contribution in [1.82, 2.24) is 10.0 Å². The Balaban J connectivity index is 2.01. The number of benzene rings is 1. The lowest BCUT2D eigenvalue weighted by Gasteiger charge is -2.39. The highest BCUT2D eigenvalue weighted by Crippen LogP contribution is 2.39. The second-order valence-corrected chi connectivity index (χ2v) is 9.41. The van der Waals surface area contributed by atoms with E-state index in [0.717, 1.165) is 9.94 Å². The number of carbonyl (C=O) groups excluding carboxylic acids is 1. The number of thiazole rings is 1. The van der Waals surface area contributed by atoms with Gasteiger partial charge in [-0.3, -0.25) is 0 Å². The van der Waals surface area contributed by atoms with Gasteiger partial charge in [0.05, 0.1) is 11.1 Å². The lowest BCUT2D eigenvalue weighted by Crippen LogP contribution is -2.57. The summed E-state index contributed by atoms with van der Waals surface area (Å²) in [4.78, 5) is 35.5. The summed E-state index contributed by atoms with van der Waals surface area (Å²) in [5.41, 5.74) is -0.618. The molecule has 162 valence electrons. The quantitative estimate of drug-likeness (QED) is 0.541. The lowest BCUT2D eigenvalue weighted by atomic mass is 10.0. The number of aromatic nitrogens is 1. The van der Waals surface area contributed by atoms with Gasteiger partial charge >= 0.3 is 11.9 Å². The van der Waals surface area contributed by atoms with Gasteiger partial charge in [0.2, 0.25) is 0 Å². The Labute approximate surface area is 178 Å². The Morgan fingerprint density at radius 2 is 2.03 bits per heavy atom. The van der Waals surface area contributed by atoms with Crippen molar-refractivity contribution in [3.63, 3.8) is 0 Å². The predicted molar refractivity (Wildman–Crippen MR) is 110 cm³/mol. The summed E-state index contributed by atoms with van der Waals surface area (Å²) in [5.74, 6) is -4.52. The van der Waals surface area contributed by atoms with Crippen molar-refractivity contribution in [2.45, 2.75) is 58.4 Å². The first-order valence-corrected chi connectivity index (χ1v) is 10.5. The van der Waals surface area contributed by atoms with Crippen molar-refractivity contribution in [2.24, 2.45) is 0 Å². The Bertz CT molecular complexity index is 955. The number of aromatic carboxylic acids is 1. The summed E-state index contributed by atoms with van der Waals surface area (Å²) >= 11 is 1.30. The van der Waals surface area contributed by atoms with Crippen LogP contribution < -0.4 is 4.84 Å². The largest absolute Gasteiger partial charge is 0.478 e. The molecular formula is C21H25FN2O5S. The molecule has 1 aliphatic heterocycles. The molecule has 0 saturated carbocycles. The van der Waals surface area contributed by atoms with Crippen LogP contribution in [0, 0.1) is 6.92 Å². The molecule has 3 rings (SSSR count). The van der Waals surface area contributed by atoms with Crippen LogP contribution in [0.3, 0.4) is 0 Å². The van der Waals surface area contributed by atoms with E-state index in [1.54, 1.807) is 33.0 Å². The highest BCUT2D eigenvalue weighted by molar-refractivity contribution is 7.15. The number of alkyl halides is 1. The predicted octanol–water partition coefficient (Wildman–Crippen LogP) is 4.60. The molecule has 30 heavy (non-hydrogen) atoms. The average Bonchev–Trinajstić information content (AvgIpc) is 3.08. The third kappa shape index (κ3) is 4.62. The van der Waals surface area contributed by atoms with Crippen LogP contribution in [-0.2, 0) is 9.53 Å². The van der Waals surface area contributed by atoms with E-state index >= 15 is 4.39 Å². The van der Waals surface area contributed by atoms with Crippen LogP contribution in [0.15, 0.2) is 24.4 Å². The summed E-state index contributed by atoms with van der Waals surface area (Å²) in [5, 5.41) is 11.1. The van der Waals surface area contributed by atoms with Crippen LogP contribution >= 0.6 is 11.3 Å². The van der Waals surface area contributed by atoms with Gasteiger partial charge in [0.1, 0.15) is 10.6 Å². The number of nitrogens with zero attached hydrogens (tertiary/aromatic N) is 2.